The minimum Gasteiger partial charge on any atom is -0.331 e. The molecule has 2 aliphatic rings. The van der Waals surface area contributed by atoms with Crippen LogP contribution in [0.2, 0.25) is 0 Å². The molecular formula is C13H16N2O. The van der Waals surface area contributed by atoms with Gasteiger partial charge >= 0.3 is 0 Å². The summed E-state index contributed by atoms with van der Waals surface area (Å²) in [5.41, 5.74) is 7.27. The van der Waals surface area contributed by atoms with Crippen molar-refractivity contribution in [3.63, 3.8) is 0 Å². The Bertz CT molecular complexity index is 400. The smallest absolute Gasteiger partial charge is 0.225 e. The molecule has 0 spiro atoms. The van der Waals surface area contributed by atoms with Gasteiger partial charge in [-0.15, -0.1) is 0 Å². The molecule has 0 bridgehead atoms. The first-order valence-corrected chi connectivity index (χ1v) is 5.89. The lowest BCUT2D eigenvalue weighted by atomic mass is 10.0. The summed E-state index contributed by atoms with van der Waals surface area (Å²) in [7, 11) is 0. The number of hydrogen-bond acceptors (Lipinski definition) is 2. The topological polar surface area (TPSA) is 46.3 Å². The van der Waals surface area contributed by atoms with Gasteiger partial charge in [0.25, 0.3) is 0 Å². The number of amides is 1. The standard InChI is InChI=1S/C13H16N2O/c14-11-8-12(16)15(10-6-7-10)13(11)9-4-2-1-3-5-9/h1-5,10-11,13H,6-8,14H2/t11-,13+/m1/s1. The first-order chi connectivity index (χ1) is 7.77. The molecule has 3 nitrogen and oxygen atoms in total. The average molecular weight is 216 g/mol. The average Bonchev–Trinajstić information content (AvgIpc) is 3.06. The first kappa shape index (κ1) is 9.85. The van der Waals surface area contributed by atoms with E-state index in [1.165, 1.54) is 5.56 Å². The van der Waals surface area contributed by atoms with Gasteiger partial charge in [0.1, 0.15) is 0 Å². The number of carbonyl (C=O) groups is 1. The summed E-state index contributed by atoms with van der Waals surface area (Å²) in [6.07, 6.45) is 2.78. The van der Waals surface area contributed by atoms with Crippen LogP contribution in [0, 0.1) is 0 Å². The molecule has 1 aliphatic heterocycles. The fourth-order valence-corrected chi connectivity index (χ4v) is 2.62. The lowest BCUT2D eigenvalue weighted by Gasteiger charge is -2.27. The molecule has 0 aromatic heterocycles. The molecule has 3 heteroatoms. The maximum absolute atomic E-state index is 11.9. The van der Waals surface area contributed by atoms with Crippen LogP contribution in [0.1, 0.15) is 30.9 Å². The Morgan fingerprint density at radius 1 is 1.19 bits per heavy atom. The van der Waals surface area contributed by atoms with Crippen molar-refractivity contribution in [3.8, 4) is 0 Å². The summed E-state index contributed by atoms with van der Waals surface area (Å²) < 4.78 is 0. The van der Waals surface area contributed by atoms with E-state index in [1.54, 1.807) is 0 Å². The summed E-state index contributed by atoms with van der Waals surface area (Å²) >= 11 is 0. The summed E-state index contributed by atoms with van der Waals surface area (Å²) in [6.45, 7) is 0. The molecule has 0 unspecified atom stereocenters. The second-order valence-electron chi connectivity index (χ2n) is 4.76. The van der Waals surface area contributed by atoms with E-state index in [0.717, 1.165) is 12.8 Å². The van der Waals surface area contributed by atoms with Gasteiger partial charge in [-0.05, 0) is 18.4 Å². The summed E-state index contributed by atoms with van der Waals surface area (Å²) in [4.78, 5) is 13.9. The molecule has 2 fully saturated rings. The molecule has 1 saturated carbocycles. The molecule has 84 valence electrons. The van der Waals surface area contributed by atoms with Gasteiger partial charge in [-0.1, -0.05) is 30.3 Å². The van der Waals surface area contributed by atoms with Crippen molar-refractivity contribution in [3.05, 3.63) is 35.9 Å². The summed E-state index contributed by atoms with van der Waals surface area (Å²) in [5, 5.41) is 0. The van der Waals surface area contributed by atoms with E-state index in [4.69, 9.17) is 5.73 Å². The Balaban J connectivity index is 1.94. The third-order valence-electron chi connectivity index (χ3n) is 3.48. The fraction of sp³-hybridized carbons (Fsp3) is 0.462. The zero-order chi connectivity index (χ0) is 11.1. The minimum atomic E-state index is -0.0458. The minimum absolute atomic E-state index is 0.0458. The van der Waals surface area contributed by atoms with Crippen LogP contribution in [-0.4, -0.2) is 22.9 Å². The van der Waals surface area contributed by atoms with Gasteiger partial charge in [-0.2, -0.15) is 0 Å². The van der Waals surface area contributed by atoms with Gasteiger partial charge in [0.15, 0.2) is 0 Å². The molecule has 2 N–H and O–H groups in total. The molecule has 1 aliphatic carbocycles. The van der Waals surface area contributed by atoms with Gasteiger partial charge in [-0.25, -0.2) is 0 Å². The molecule has 1 saturated heterocycles. The molecule has 2 atom stereocenters. The second-order valence-corrected chi connectivity index (χ2v) is 4.76. The normalized spacial score (nSPS) is 29.8. The number of carbonyl (C=O) groups excluding carboxylic acids is 1. The van der Waals surface area contributed by atoms with E-state index in [1.807, 2.05) is 23.1 Å². The van der Waals surface area contributed by atoms with Crippen LogP contribution in [0.15, 0.2) is 30.3 Å². The molecule has 1 aromatic rings. The van der Waals surface area contributed by atoms with Crippen molar-refractivity contribution >= 4 is 5.91 Å². The first-order valence-electron chi connectivity index (χ1n) is 5.89. The second kappa shape index (κ2) is 3.59. The quantitative estimate of drug-likeness (QED) is 0.813. The van der Waals surface area contributed by atoms with Gasteiger partial charge in [-0.3, -0.25) is 4.79 Å². The highest BCUT2D eigenvalue weighted by Gasteiger charge is 2.45. The van der Waals surface area contributed by atoms with E-state index in [9.17, 15) is 4.79 Å². The zero-order valence-electron chi connectivity index (χ0n) is 9.17. The van der Waals surface area contributed by atoms with Crippen molar-refractivity contribution in [1.29, 1.82) is 0 Å². The summed E-state index contributed by atoms with van der Waals surface area (Å²) in [6, 6.07) is 10.7. The SMILES string of the molecule is N[C@@H]1CC(=O)N(C2CC2)[C@H]1c1ccccc1. The Morgan fingerprint density at radius 2 is 1.88 bits per heavy atom. The molecule has 1 aromatic carbocycles. The third kappa shape index (κ3) is 1.52. The molecule has 16 heavy (non-hydrogen) atoms. The molecular weight excluding hydrogens is 200 g/mol. The lowest BCUT2D eigenvalue weighted by Crippen LogP contribution is -2.34. The van der Waals surface area contributed by atoms with E-state index in [-0.39, 0.29) is 18.0 Å². The van der Waals surface area contributed by atoms with Crippen LogP contribution in [0.3, 0.4) is 0 Å². The van der Waals surface area contributed by atoms with Crippen LogP contribution in [0.4, 0.5) is 0 Å². The van der Waals surface area contributed by atoms with Crippen LogP contribution in [0.25, 0.3) is 0 Å². The maximum Gasteiger partial charge on any atom is 0.225 e. The molecule has 0 radical (unpaired) electrons. The van der Waals surface area contributed by atoms with Crippen LogP contribution in [-0.2, 0) is 4.79 Å². The van der Waals surface area contributed by atoms with Crippen molar-refractivity contribution in [2.75, 3.05) is 0 Å². The highest BCUT2D eigenvalue weighted by Crippen LogP contribution is 2.40. The Kier molecular flexibility index (Phi) is 2.21. The van der Waals surface area contributed by atoms with Crippen molar-refractivity contribution < 1.29 is 4.79 Å². The molecule has 1 heterocycles. The highest BCUT2D eigenvalue weighted by atomic mass is 16.2. The van der Waals surface area contributed by atoms with Gasteiger partial charge < -0.3 is 10.6 Å². The number of likely N-dealkylation sites (tertiary alicyclic amines) is 1. The number of benzene rings is 1. The fourth-order valence-electron chi connectivity index (χ4n) is 2.62. The third-order valence-corrected chi connectivity index (χ3v) is 3.48. The Hall–Kier alpha value is -1.35. The van der Waals surface area contributed by atoms with Gasteiger partial charge in [0.05, 0.1) is 6.04 Å². The van der Waals surface area contributed by atoms with Crippen molar-refractivity contribution in [1.82, 2.24) is 4.90 Å². The Morgan fingerprint density at radius 3 is 2.50 bits per heavy atom. The molecule has 3 rings (SSSR count). The summed E-state index contributed by atoms with van der Waals surface area (Å²) in [5.74, 6) is 0.226. The molecule has 1 amide bonds. The van der Waals surface area contributed by atoms with Crippen molar-refractivity contribution in [2.45, 2.75) is 37.4 Å². The zero-order valence-corrected chi connectivity index (χ0v) is 9.17. The number of nitrogens with zero attached hydrogens (tertiary/aromatic N) is 1. The number of rotatable bonds is 2. The van der Waals surface area contributed by atoms with Crippen LogP contribution < -0.4 is 5.73 Å². The van der Waals surface area contributed by atoms with Crippen LogP contribution >= 0.6 is 0 Å². The predicted molar refractivity (Wildman–Crippen MR) is 61.6 cm³/mol. The van der Waals surface area contributed by atoms with Crippen molar-refractivity contribution in [2.24, 2.45) is 5.73 Å². The maximum atomic E-state index is 11.9. The van der Waals surface area contributed by atoms with E-state index < -0.39 is 0 Å². The van der Waals surface area contributed by atoms with E-state index >= 15 is 0 Å². The predicted octanol–water partition coefficient (Wildman–Crippen LogP) is 1.45. The van der Waals surface area contributed by atoms with Crippen LogP contribution in [0.5, 0.6) is 0 Å². The Labute approximate surface area is 95.2 Å². The highest BCUT2D eigenvalue weighted by molar-refractivity contribution is 5.81. The number of hydrogen-bond donors (Lipinski definition) is 1. The monoisotopic (exact) mass is 216 g/mol. The van der Waals surface area contributed by atoms with Gasteiger partial charge in [0.2, 0.25) is 5.91 Å². The lowest BCUT2D eigenvalue weighted by molar-refractivity contribution is -0.129. The van der Waals surface area contributed by atoms with Gasteiger partial charge in [0, 0.05) is 18.5 Å². The van der Waals surface area contributed by atoms with E-state index in [0.29, 0.717) is 12.5 Å². The van der Waals surface area contributed by atoms with E-state index in [2.05, 4.69) is 12.1 Å². The number of nitrogens with two attached hydrogens (primary N) is 1. The largest absolute Gasteiger partial charge is 0.331 e.